The molecule has 0 radical (unpaired) electrons. The molecule has 2 aromatic rings. The summed E-state index contributed by atoms with van der Waals surface area (Å²) in [7, 11) is 0. The van der Waals surface area contributed by atoms with E-state index in [1.54, 1.807) is 11.3 Å². The monoisotopic (exact) mass is 397 g/mol. The molecule has 148 valence electrons. The maximum Gasteiger partial charge on any atom is 0.226 e. The molecule has 1 amide bonds. The van der Waals surface area contributed by atoms with Crippen LogP contribution in [0.1, 0.15) is 30.7 Å². The van der Waals surface area contributed by atoms with Crippen molar-refractivity contribution < 1.29 is 9.53 Å². The number of nitrogens with zero attached hydrogens (tertiary/aromatic N) is 3. The molecule has 5 nitrogen and oxygen atoms in total. The lowest BCUT2D eigenvalue weighted by molar-refractivity contribution is -0.139. The SMILES string of the molecule is O=C(C1CCOCC1)N1CC[C@H]2[C@@H]1CCN2Cc1nc(-c2ccccc2)cs1. The fraction of sp³-hybridized carbons (Fsp3) is 0.545. The highest BCUT2D eigenvalue weighted by Gasteiger charge is 2.45. The lowest BCUT2D eigenvalue weighted by Crippen LogP contribution is -2.43. The number of carbonyl (C=O) groups is 1. The van der Waals surface area contributed by atoms with E-state index in [1.807, 2.05) is 6.07 Å². The minimum atomic E-state index is 0.175. The molecule has 0 unspecified atom stereocenters. The molecule has 1 aromatic heterocycles. The van der Waals surface area contributed by atoms with Gasteiger partial charge in [-0.15, -0.1) is 11.3 Å². The molecule has 3 fully saturated rings. The quantitative estimate of drug-likeness (QED) is 0.793. The molecular formula is C22H27N3O2S. The second-order valence-electron chi connectivity index (χ2n) is 8.09. The van der Waals surface area contributed by atoms with Crippen molar-refractivity contribution in [2.45, 2.75) is 44.3 Å². The molecule has 5 rings (SSSR count). The number of hydrogen-bond donors (Lipinski definition) is 0. The smallest absolute Gasteiger partial charge is 0.226 e. The summed E-state index contributed by atoms with van der Waals surface area (Å²) in [6.07, 6.45) is 3.96. The van der Waals surface area contributed by atoms with E-state index in [1.165, 1.54) is 10.6 Å². The summed E-state index contributed by atoms with van der Waals surface area (Å²) < 4.78 is 5.43. The van der Waals surface area contributed by atoms with Crippen LogP contribution in [0.3, 0.4) is 0 Å². The Balaban J connectivity index is 1.23. The van der Waals surface area contributed by atoms with Gasteiger partial charge in [0.2, 0.25) is 5.91 Å². The Morgan fingerprint density at radius 1 is 1.07 bits per heavy atom. The highest BCUT2D eigenvalue weighted by molar-refractivity contribution is 7.09. The second-order valence-corrected chi connectivity index (χ2v) is 9.04. The molecule has 2 atom stereocenters. The molecule has 0 bridgehead atoms. The van der Waals surface area contributed by atoms with Crippen molar-refractivity contribution in [1.82, 2.24) is 14.8 Å². The van der Waals surface area contributed by atoms with Crippen LogP contribution in [0.4, 0.5) is 0 Å². The molecular weight excluding hydrogens is 370 g/mol. The lowest BCUT2D eigenvalue weighted by Gasteiger charge is -2.30. The number of likely N-dealkylation sites (tertiary alicyclic amines) is 2. The van der Waals surface area contributed by atoms with Crippen LogP contribution in [-0.4, -0.2) is 59.1 Å². The minimum Gasteiger partial charge on any atom is -0.381 e. The molecule has 3 aliphatic heterocycles. The zero-order chi connectivity index (χ0) is 18.9. The summed E-state index contributed by atoms with van der Waals surface area (Å²) >= 11 is 1.75. The molecule has 3 aliphatic rings. The standard InChI is InChI=1S/C22H27N3O2S/c26-22(17-8-12-27-13-9-17)25-11-7-19-20(25)6-10-24(19)14-21-23-18(15-28-21)16-4-2-1-3-5-16/h1-5,15,17,19-20H,6-14H2/t19-,20-/m0/s1. The number of rotatable bonds is 4. The van der Waals surface area contributed by atoms with Gasteiger partial charge in [-0.25, -0.2) is 4.98 Å². The molecule has 28 heavy (non-hydrogen) atoms. The van der Waals surface area contributed by atoms with Gasteiger partial charge in [0.25, 0.3) is 0 Å². The summed E-state index contributed by atoms with van der Waals surface area (Å²) in [6, 6.07) is 11.3. The van der Waals surface area contributed by atoms with Gasteiger partial charge in [-0.3, -0.25) is 9.69 Å². The van der Waals surface area contributed by atoms with E-state index in [0.29, 0.717) is 18.0 Å². The average molecular weight is 398 g/mol. The fourth-order valence-electron chi connectivity index (χ4n) is 5.02. The normalized spacial score (nSPS) is 25.9. The minimum absolute atomic E-state index is 0.175. The van der Waals surface area contributed by atoms with E-state index in [2.05, 4.69) is 39.4 Å². The van der Waals surface area contributed by atoms with E-state index < -0.39 is 0 Å². The topological polar surface area (TPSA) is 45.7 Å². The Morgan fingerprint density at radius 3 is 2.68 bits per heavy atom. The van der Waals surface area contributed by atoms with E-state index >= 15 is 0 Å². The van der Waals surface area contributed by atoms with Crippen molar-refractivity contribution in [1.29, 1.82) is 0 Å². The Bertz CT molecular complexity index is 818. The van der Waals surface area contributed by atoms with Crippen molar-refractivity contribution in [3.8, 4) is 11.3 Å². The number of benzene rings is 1. The van der Waals surface area contributed by atoms with Gasteiger partial charge in [-0.2, -0.15) is 0 Å². The van der Waals surface area contributed by atoms with Crippen molar-refractivity contribution >= 4 is 17.2 Å². The first kappa shape index (κ1) is 18.3. The summed E-state index contributed by atoms with van der Waals surface area (Å²) in [5.74, 6) is 0.548. The van der Waals surface area contributed by atoms with Gasteiger partial charge >= 0.3 is 0 Å². The molecule has 1 aromatic carbocycles. The molecule has 0 spiro atoms. The van der Waals surface area contributed by atoms with E-state index in [-0.39, 0.29) is 5.92 Å². The fourth-order valence-corrected chi connectivity index (χ4v) is 5.85. The van der Waals surface area contributed by atoms with Crippen molar-refractivity contribution in [3.63, 3.8) is 0 Å². The first-order valence-corrected chi connectivity index (χ1v) is 11.3. The van der Waals surface area contributed by atoms with Crippen molar-refractivity contribution in [3.05, 3.63) is 40.7 Å². The number of amides is 1. The van der Waals surface area contributed by atoms with Crippen LogP contribution in [0.25, 0.3) is 11.3 Å². The zero-order valence-corrected chi connectivity index (χ0v) is 16.9. The predicted octanol–water partition coefficient (Wildman–Crippen LogP) is 3.41. The molecule has 4 heterocycles. The van der Waals surface area contributed by atoms with Gasteiger partial charge in [0.1, 0.15) is 5.01 Å². The second kappa shape index (κ2) is 7.93. The van der Waals surface area contributed by atoms with Gasteiger partial charge in [-0.05, 0) is 25.7 Å². The highest BCUT2D eigenvalue weighted by atomic mass is 32.1. The average Bonchev–Trinajstić information content (AvgIpc) is 3.47. The van der Waals surface area contributed by atoms with Gasteiger partial charge in [-0.1, -0.05) is 30.3 Å². The predicted molar refractivity (Wildman–Crippen MR) is 110 cm³/mol. The summed E-state index contributed by atoms with van der Waals surface area (Å²) in [4.78, 5) is 22.6. The molecule has 3 saturated heterocycles. The number of aromatic nitrogens is 1. The van der Waals surface area contributed by atoms with Crippen LogP contribution < -0.4 is 0 Å². The lowest BCUT2D eigenvalue weighted by atomic mass is 9.98. The van der Waals surface area contributed by atoms with Crippen LogP contribution in [0.15, 0.2) is 35.7 Å². The zero-order valence-electron chi connectivity index (χ0n) is 16.1. The first-order chi connectivity index (χ1) is 13.8. The third-order valence-corrected chi connectivity index (χ3v) is 7.34. The summed E-state index contributed by atoms with van der Waals surface area (Å²) in [6.45, 7) is 4.34. The van der Waals surface area contributed by atoms with Crippen LogP contribution in [0.5, 0.6) is 0 Å². The van der Waals surface area contributed by atoms with Crippen LogP contribution in [-0.2, 0) is 16.1 Å². The number of hydrogen-bond acceptors (Lipinski definition) is 5. The number of carbonyl (C=O) groups excluding carboxylic acids is 1. The molecule has 6 heteroatoms. The van der Waals surface area contributed by atoms with Crippen LogP contribution in [0, 0.1) is 5.92 Å². The largest absolute Gasteiger partial charge is 0.381 e. The Morgan fingerprint density at radius 2 is 1.86 bits per heavy atom. The van der Waals surface area contributed by atoms with Gasteiger partial charge in [0.15, 0.2) is 0 Å². The summed E-state index contributed by atoms with van der Waals surface area (Å²) in [5.41, 5.74) is 2.25. The Kier molecular flexibility index (Phi) is 5.18. The van der Waals surface area contributed by atoms with Gasteiger partial charge in [0.05, 0.1) is 12.2 Å². The number of thiazole rings is 1. The van der Waals surface area contributed by atoms with Crippen LogP contribution >= 0.6 is 11.3 Å². The highest BCUT2D eigenvalue weighted by Crippen LogP contribution is 2.35. The maximum absolute atomic E-state index is 13.0. The van der Waals surface area contributed by atoms with E-state index in [4.69, 9.17) is 9.72 Å². The van der Waals surface area contributed by atoms with Crippen molar-refractivity contribution in [2.75, 3.05) is 26.3 Å². The number of ether oxygens (including phenoxy) is 1. The molecule has 0 aliphatic carbocycles. The van der Waals surface area contributed by atoms with Crippen LogP contribution in [0.2, 0.25) is 0 Å². The van der Waals surface area contributed by atoms with Gasteiger partial charge in [0, 0.05) is 55.2 Å². The van der Waals surface area contributed by atoms with Gasteiger partial charge < -0.3 is 9.64 Å². The third kappa shape index (κ3) is 3.49. The Hall–Kier alpha value is -1.76. The number of fused-ring (bicyclic) bond motifs is 1. The van der Waals surface area contributed by atoms with Crippen molar-refractivity contribution in [2.24, 2.45) is 5.92 Å². The first-order valence-electron chi connectivity index (χ1n) is 10.4. The van der Waals surface area contributed by atoms with E-state index in [9.17, 15) is 4.79 Å². The third-order valence-electron chi connectivity index (χ3n) is 6.50. The summed E-state index contributed by atoms with van der Waals surface area (Å²) in [5, 5.41) is 3.34. The maximum atomic E-state index is 13.0. The van der Waals surface area contributed by atoms with E-state index in [0.717, 1.165) is 64.2 Å². The molecule has 0 saturated carbocycles. The Labute approximate surface area is 170 Å². The molecule has 0 N–H and O–H groups in total.